The summed E-state index contributed by atoms with van der Waals surface area (Å²) in [7, 11) is 0. The second-order valence-corrected chi connectivity index (χ2v) is 4.06. The van der Waals surface area contributed by atoms with Gasteiger partial charge in [0.05, 0.1) is 13.2 Å². The average Bonchev–Trinajstić information content (AvgIpc) is 2.16. The zero-order valence-electron chi connectivity index (χ0n) is 8.71. The summed E-state index contributed by atoms with van der Waals surface area (Å²) in [5.74, 6) is 0.452. The minimum Gasteiger partial charge on any atom is -0.381 e. The van der Waals surface area contributed by atoms with Crippen LogP contribution in [0.1, 0.15) is 26.7 Å². The average molecular weight is 187 g/mol. The highest BCUT2D eigenvalue weighted by Gasteiger charge is 2.31. The molecule has 1 aliphatic heterocycles. The third kappa shape index (κ3) is 3.25. The number of hydrogen-bond donors (Lipinski definition) is 1. The molecule has 1 aliphatic rings. The molecule has 1 saturated heterocycles. The van der Waals surface area contributed by atoms with Crippen LogP contribution < -0.4 is 5.73 Å². The third-order valence-electron chi connectivity index (χ3n) is 2.71. The van der Waals surface area contributed by atoms with Crippen LogP contribution in [0.3, 0.4) is 0 Å². The van der Waals surface area contributed by atoms with E-state index in [0.717, 1.165) is 26.2 Å². The van der Waals surface area contributed by atoms with Crippen LogP contribution in [-0.2, 0) is 9.47 Å². The fourth-order valence-electron chi connectivity index (χ4n) is 1.70. The molecule has 0 aromatic carbocycles. The van der Waals surface area contributed by atoms with Crippen molar-refractivity contribution in [2.24, 2.45) is 11.7 Å². The highest BCUT2D eigenvalue weighted by Crippen LogP contribution is 2.24. The molecule has 0 bridgehead atoms. The second-order valence-electron chi connectivity index (χ2n) is 4.06. The predicted octanol–water partition coefficient (Wildman–Crippen LogP) is 1.17. The molecular formula is C10H21NO2. The fraction of sp³-hybridized carbons (Fsp3) is 1.00. The Hall–Kier alpha value is -0.120. The first-order valence-electron chi connectivity index (χ1n) is 5.11. The van der Waals surface area contributed by atoms with Crippen LogP contribution in [0.25, 0.3) is 0 Å². The fourth-order valence-corrected chi connectivity index (χ4v) is 1.70. The Morgan fingerprint density at radius 3 is 2.92 bits per heavy atom. The van der Waals surface area contributed by atoms with Gasteiger partial charge in [0.2, 0.25) is 0 Å². The van der Waals surface area contributed by atoms with E-state index in [2.05, 4.69) is 6.92 Å². The molecular weight excluding hydrogens is 166 g/mol. The minimum absolute atomic E-state index is 0.226. The monoisotopic (exact) mass is 187 g/mol. The van der Waals surface area contributed by atoms with Crippen molar-refractivity contribution in [1.29, 1.82) is 0 Å². The van der Waals surface area contributed by atoms with Gasteiger partial charge in [0.25, 0.3) is 0 Å². The summed E-state index contributed by atoms with van der Waals surface area (Å²) < 4.78 is 10.8. The SMILES string of the molecule is CCOCC(C)(N)C1CCCOC1. The molecule has 0 aromatic heterocycles. The Balaban J connectivity index is 2.36. The maximum absolute atomic E-state index is 6.17. The van der Waals surface area contributed by atoms with Crippen LogP contribution in [0.2, 0.25) is 0 Å². The summed E-state index contributed by atoms with van der Waals surface area (Å²) in [6.07, 6.45) is 2.30. The summed E-state index contributed by atoms with van der Waals surface area (Å²) in [5.41, 5.74) is 5.95. The Labute approximate surface area is 80.6 Å². The molecule has 78 valence electrons. The molecule has 0 spiro atoms. The molecule has 3 heteroatoms. The van der Waals surface area contributed by atoms with Gasteiger partial charge in [-0.25, -0.2) is 0 Å². The Morgan fingerprint density at radius 1 is 1.62 bits per heavy atom. The summed E-state index contributed by atoms with van der Waals surface area (Å²) >= 11 is 0. The van der Waals surface area contributed by atoms with Gasteiger partial charge in [-0.1, -0.05) is 0 Å². The van der Waals surface area contributed by atoms with E-state index in [1.807, 2.05) is 6.92 Å². The topological polar surface area (TPSA) is 44.5 Å². The summed E-state index contributed by atoms with van der Waals surface area (Å²) in [4.78, 5) is 0. The number of nitrogens with two attached hydrogens (primary N) is 1. The molecule has 2 N–H and O–H groups in total. The van der Waals surface area contributed by atoms with Crippen molar-refractivity contribution in [1.82, 2.24) is 0 Å². The van der Waals surface area contributed by atoms with Crippen molar-refractivity contribution in [2.75, 3.05) is 26.4 Å². The van der Waals surface area contributed by atoms with Gasteiger partial charge in [-0.15, -0.1) is 0 Å². The van der Waals surface area contributed by atoms with Crippen LogP contribution in [0.4, 0.5) is 0 Å². The van der Waals surface area contributed by atoms with Crippen LogP contribution in [0.5, 0.6) is 0 Å². The first kappa shape index (κ1) is 11.0. The first-order chi connectivity index (χ1) is 6.17. The highest BCUT2D eigenvalue weighted by molar-refractivity contribution is 4.88. The van der Waals surface area contributed by atoms with Crippen molar-refractivity contribution in [3.8, 4) is 0 Å². The third-order valence-corrected chi connectivity index (χ3v) is 2.71. The van der Waals surface area contributed by atoms with Crippen LogP contribution in [-0.4, -0.2) is 32.0 Å². The lowest BCUT2D eigenvalue weighted by atomic mass is 9.83. The first-order valence-corrected chi connectivity index (χ1v) is 5.11. The lowest BCUT2D eigenvalue weighted by Crippen LogP contribution is -2.51. The Kier molecular flexibility index (Phi) is 4.16. The maximum Gasteiger partial charge on any atom is 0.0646 e. The van der Waals surface area contributed by atoms with Crippen molar-refractivity contribution >= 4 is 0 Å². The van der Waals surface area contributed by atoms with E-state index in [4.69, 9.17) is 15.2 Å². The second kappa shape index (κ2) is 4.94. The zero-order valence-corrected chi connectivity index (χ0v) is 8.71. The van der Waals surface area contributed by atoms with E-state index >= 15 is 0 Å². The van der Waals surface area contributed by atoms with E-state index in [-0.39, 0.29) is 5.54 Å². The van der Waals surface area contributed by atoms with Crippen molar-refractivity contribution in [3.05, 3.63) is 0 Å². The molecule has 3 nitrogen and oxygen atoms in total. The lowest BCUT2D eigenvalue weighted by Gasteiger charge is -2.36. The molecule has 1 rings (SSSR count). The smallest absolute Gasteiger partial charge is 0.0646 e. The Morgan fingerprint density at radius 2 is 2.38 bits per heavy atom. The quantitative estimate of drug-likeness (QED) is 0.718. The lowest BCUT2D eigenvalue weighted by molar-refractivity contribution is -0.00490. The van der Waals surface area contributed by atoms with Crippen LogP contribution in [0.15, 0.2) is 0 Å². The van der Waals surface area contributed by atoms with E-state index in [9.17, 15) is 0 Å². The normalized spacial score (nSPS) is 28.4. The van der Waals surface area contributed by atoms with Crippen LogP contribution in [0, 0.1) is 5.92 Å². The van der Waals surface area contributed by atoms with Gasteiger partial charge >= 0.3 is 0 Å². The molecule has 2 atom stereocenters. The highest BCUT2D eigenvalue weighted by atomic mass is 16.5. The van der Waals surface area contributed by atoms with E-state index < -0.39 is 0 Å². The van der Waals surface area contributed by atoms with Gasteiger partial charge in [-0.05, 0) is 26.7 Å². The molecule has 2 unspecified atom stereocenters. The molecule has 0 aliphatic carbocycles. The molecule has 0 radical (unpaired) electrons. The number of hydrogen-bond acceptors (Lipinski definition) is 3. The van der Waals surface area contributed by atoms with Gasteiger partial charge in [0.1, 0.15) is 0 Å². The molecule has 0 amide bonds. The summed E-state index contributed by atoms with van der Waals surface area (Å²) in [5, 5.41) is 0. The van der Waals surface area contributed by atoms with Crippen molar-refractivity contribution in [2.45, 2.75) is 32.2 Å². The maximum atomic E-state index is 6.17. The van der Waals surface area contributed by atoms with Crippen molar-refractivity contribution < 1.29 is 9.47 Å². The predicted molar refractivity (Wildman–Crippen MR) is 52.6 cm³/mol. The molecule has 1 fully saturated rings. The molecule has 1 heterocycles. The van der Waals surface area contributed by atoms with Crippen LogP contribution >= 0.6 is 0 Å². The van der Waals surface area contributed by atoms with Gasteiger partial charge in [-0.3, -0.25) is 0 Å². The van der Waals surface area contributed by atoms with Gasteiger partial charge in [-0.2, -0.15) is 0 Å². The summed E-state index contributed by atoms with van der Waals surface area (Å²) in [6, 6.07) is 0. The van der Waals surface area contributed by atoms with Gasteiger partial charge in [0.15, 0.2) is 0 Å². The molecule has 13 heavy (non-hydrogen) atoms. The largest absolute Gasteiger partial charge is 0.381 e. The standard InChI is InChI=1S/C10H21NO2/c1-3-12-8-10(2,11)9-5-4-6-13-7-9/h9H,3-8,11H2,1-2H3. The van der Waals surface area contributed by atoms with Gasteiger partial charge in [0, 0.05) is 24.7 Å². The van der Waals surface area contributed by atoms with E-state index in [1.165, 1.54) is 6.42 Å². The number of ether oxygens (including phenoxy) is 2. The minimum atomic E-state index is -0.226. The van der Waals surface area contributed by atoms with E-state index in [0.29, 0.717) is 12.5 Å². The van der Waals surface area contributed by atoms with Crippen molar-refractivity contribution in [3.63, 3.8) is 0 Å². The molecule has 0 aromatic rings. The Bertz CT molecular complexity index is 142. The summed E-state index contributed by atoms with van der Waals surface area (Å²) in [6.45, 7) is 7.11. The van der Waals surface area contributed by atoms with E-state index in [1.54, 1.807) is 0 Å². The zero-order chi connectivity index (χ0) is 9.73. The van der Waals surface area contributed by atoms with Gasteiger partial charge < -0.3 is 15.2 Å². The number of rotatable bonds is 4. The molecule has 0 saturated carbocycles.